The summed E-state index contributed by atoms with van der Waals surface area (Å²) in [5.41, 5.74) is 2.66. The molecule has 0 saturated heterocycles. The molecule has 1 aromatic heterocycles. The molecule has 0 amide bonds. The van der Waals surface area contributed by atoms with Crippen LogP contribution in [0.2, 0.25) is 5.02 Å². The number of nitrogens with two attached hydrogens (primary N) is 1. The van der Waals surface area contributed by atoms with E-state index in [2.05, 4.69) is 5.43 Å². The van der Waals surface area contributed by atoms with Gasteiger partial charge in [-0.15, -0.1) is 11.3 Å². The smallest absolute Gasteiger partial charge is 0.147 e. The number of rotatable bonds is 6. The predicted octanol–water partition coefficient (Wildman–Crippen LogP) is 1.73. The molecule has 0 spiro atoms. The van der Waals surface area contributed by atoms with Crippen LogP contribution in [0.4, 0.5) is 0 Å². The quantitative estimate of drug-likeness (QED) is 0.616. The highest BCUT2D eigenvalue weighted by Crippen LogP contribution is 2.30. The number of halogens is 1. The van der Waals surface area contributed by atoms with Crippen LogP contribution >= 0.6 is 22.9 Å². The highest BCUT2D eigenvalue weighted by molar-refractivity contribution is 7.90. The minimum atomic E-state index is -2.91. The van der Waals surface area contributed by atoms with Gasteiger partial charge in [-0.05, 0) is 24.3 Å². The monoisotopic (exact) mass is 282 g/mol. The fourth-order valence-corrected chi connectivity index (χ4v) is 3.37. The van der Waals surface area contributed by atoms with Crippen LogP contribution < -0.4 is 11.3 Å². The first-order valence-corrected chi connectivity index (χ1v) is 8.12. The van der Waals surface area contributed by atoms with Gasteiger partial charge in [0, 0.05) is 16.9 Å². The van der Waals surface area contributed by atoms with Crippen molar-refractivity contribution in [1.29, 1.82) is 0 Å². The van der Waals surface area contributed by atoms with Gasteiger partial charge in [-0.3, -0.25) is 11.3 Å². The second-order valence-corrected chi connectivity index (χ2v) is 7.24. The Bertz CT molecular complexity index is 430. The zero-order valence-electron chi connectivity index (χ0n) is 8.94. The number of hydrogen-bond donors (Lipinski definition) is 2. The fraction of sp³-hybridized carbons (Fsp3) is 0.556. The third kappa shape index (κ3) is 4.39. The topological polar surface area (TPSA) is 72.2 Å². The van der Waals surface area contributed by atoms with Crippen LogP contribution in [0.1, 0.15) is 23.8 Å². The van der Waals surface area contributed by atoms with Gasteiger partial charge < -0.3 is 0 Å². The van der Waals surface area contributed by atoms with Crippen LogP contribution in [0.5, 0.6) is 0 Å². The number of hydrogen-bond acceptors (Lipinski definition) is 5. The molecule has 0 aromatic carbocycles. The van der Waals surface area contributed by atoms with E-state index >= 15 is 0 Å². The summed E-state index contributed by atoms with van der Waals surface area (Å²) in [5.74, 6) is 5.61. The molecule has 4 nitrogen and oxygen atoms in total. The Balaban J connectivity index is 2.54. The number of sulfone groups is 1. The molecule has 92 valence electrons. The Kier molecular flexibility index (Phi) is 5.20. The maximum atomic E-state index is 11.0. The van der Waals surface area contributed by atoms with Crippen molar-refractivity contribution in [2.24, 2.45) is 5.84 Å². The van der Waals surface area contributed by atoms with Crippen molar-refractivity contribution in [2.45, 2.75) is 18.9 Å². The van der Waals surface area contributed by atoms with Crippen molar-refractivity contribution >= 4 is 32.8 Å². The number of nitrogens with one attached hydrogen (secondary N) is 1. The molecule has 1 aromatic rings. The lowest BCUT2D eigenvalue weighted by Gasteiger charge is -2.14. The van der Waals surface area contributed by atoms with Gasteiger partial charge in [-0.25, -0.2) is 8.42 Å². The van der Waals surface area contributed by atoms with E-state index in [4.69, 9.17) is 17.4 Å². The van der Waals surface area contributed by atoms with Gasteiger partial charge in [0.15, 0.2) is 0 Å². The van der Waals surface area contributed by atoms with Crippen molar-refractivity contribution in [2.75, 3.05) is 12.0 Å². The zero-order chi connectivity index (χ0) is 12.2. The van der Waals surface area contributed by atoms with Crippen molar-refractivity contribution in [3.8, 4) is 0 Å². The molecule has 3 N–H and O–H groups in total. The highest BCUT2D eigenvalue weighted by Gasteiger charge is 2.15. The van der Waals surface area contributed by atoms with E-state index in [9.17, 15) is 8.42 Å². The molecular weight excluding hydrogens is 268 g/mol. The Labute approximate surface area is 105 Å². The van der Waals surface area contributed by atoms with Crippen molar-refractivity contribution in [3.63, 3.8) is 0 Å². The summed E-state index contributed by atoms with van der Waals surface area (Å²) in [7, 11) is -2.91. The summed E-state index contributed by atoms with van der Waals surface area (Å²) in [6, 6.07) is 1.73. The number of thiophene rings is 1. The van der Waals surface area contributed by atoms with Crippen LogP contribution in [0.25, 0.3) is 0 Å². The Morgan fingerprint density at radius 3 is 2.75 bits per heavy atom. The highest BCUT2D eigenvalue weighted by atomic mass is 35.5. The minimum absolute atomic E-state index is 0.0748. The molecule has 0 saturated carbocycles. The summed E-state index contributed by atoms with van der Waals surface area (Å²) < 4.78 is 22.0. The Hall–Kier alpha value is -0.140. The lowest BCUT2D eigenvalue weighted by molar-refractivity contribution is 0.515. The van der Waals surface area contributed by atoms with E-state index in [-0.39, 0.29) is 11.8 Å². The van der Waals surface area contributed by atoms with Crippen LogP contribution in [0.3, 0.4) is 0 Å². The van der Waals surface area contributed by atoms with Crippen LogP contribution in [0, 0.1) is 0 Å². The summed E-state index contributed by atoms with van der Waals surface area (Å²) in [4.78, 5) is 0.956. The van der Waals surface area contributed by atoms with E-state index in [1.807, 2.05) is 11.4 Å². The first-order chi connectivity index (χ1) is 7.44. The molecule has 0 aliphatic heterocycles. The van der Waals surface area contributed by atoms with Crippen LogP contribution in [0.15, 0.2) is 11.4 Å². The lowest BCUT2D eigenvalue weighted by Crippen LogP contribution is -2.28. The molecule has 0 aliphatic rings. The zero-order valence-corrected chi connectivity index (χ0v) is 11.3. The van der Waals surface area contributed by atoms with Crippen LogP contribution in [-0.4, -0.2) is 20.4 Å². The van der Waals surface area contributed by atoms with E-state index in [0.29, 0.717) is 17.9 Å². The molecule has 7 heteroatoms. The average molecular weight is 283 g/mol. The molecule has 1 heterocycles. The van der Waals surface area contributed by atoms with Gasteiger partial charge in [-0.2, -0.15) is 0 Å². The third-order valence-corrected chi connectivity index (χ3v) is 4.67. The van der Waals surface area contributed by atoms with E-state index in [1.165, 1.54) is 17.6 Å². The summed E-state index contributed by atoms with van der Waals surface area (Å²) >= 11 is 7.50. The van der Waals surface area contributed by atoms with Gasteiger partial charge in [0.05, 0.1) is 11.1 Å². The van der Waals surface area contributed by atoms with E-state index < -0.39 is 9.84 Å². The Morgan fingerprint density at radius 2 is 2.31 bits per heavy atom. The molecular formula is C9H15ClN2O2S2. The van der Waals surface area contributed by atoms with Crippen molar-refractivity contribution in [3.05, 3.63) is 21.3 Å². The standard InChI is InChI=1S/C9H15ClN2O2S2/c1-16(13,14)6-2-3-8(12-11)9-7(10)4-5-15-9/h4-5,8,12H,2-3,6,11H2,1H3. The van der Waals surface area contributed by atoms with E-state index in [0.717, 1.165) is 4.88 Å². The van der Waals surface area contributed by atoms with Gasteiger partial charge >= 0.3 is 0 Å². The average Bonchev–Trinajstić information content (AvgIpc) is 2.58. The molecule has 0 radical (unpaired) electrons. The van der Waals surface area contributed by atoms with Crippen LogP contribution in [-0.2, 0) is 9.84 Å². The molecule has 0 fully saturated rings. The van der Waals surface area contributed by atoms with Gasteiger partial charge in [0.1, 0.15) is 9.84 Å². The SMILES string of the molecule is CS(=O)(=O)CCCC(NN)c1sccc1Cl. The van der Waals surface area contributed by atoms with Gasteiger partial charge in [0.25, 0.3) is 0 Å². The summed E-state index contributed by atoms with van der Waals surface area (Å²) in [5, 5.41) is 2.56. The molecule has 1 atom stereocenters. The minimum Gasteiger partial charge on any atom is -0.271 e. The maximum Gasteiger partial charge on any atom is 0.147 e. The van der Waals surface area contributed by atoms with Gasteiger partial charge in [0.2, 0.25) is 0 Å². The predicted molar refractivity (Wildman–Crippen MR) is 68.3 cm³/mol. The number of hydrazine groups is 1. The third-order valence-electron chi connectivity index (χ3n) is 2.17. The molecule has 0 aliphatic carbocycles. The first-order valence-electron chi connectivity index (χ1n) is 4.81. The van der Waals surface area contributed by atoms with Gasteiger partial charge in [-0.1, -0.05) is 11.6 Å². The summed E-state index contributed by atoms with van der Waals surface area (Å²) in [6.07, 6.45) is 2.46. The maximum absolute atomic E-state index is 11.0. The second-order valence-electron chi connectivity index (χ2n) is 3.62. The van der Waals surface area contributed by atoms with E-state index in [1.54, 1.807) is 0 Å². The van der Waals surface area contributed by atoms with Crippen molar-refractivity contribution in [1.82, 2.24) is 5.43 Å². The first kappa shape index (κ1) is 13.9. The molecule has 1 unspecified atom stereocenters. The normalized spacial score (nSPS) is 13.9. The lowest BCUT2D eigenvalue weighted by atomic mass is 10.1. The molecule has 0 bridgehead atoms. The summed E-state index contributed by atoms with van der Waals surface area (Å²) in [6.45, 7) is 0. The van der Waals surface area contributed by atoms with Crippen molar-refractivity contribution < 1.29 is 8.42 Å². The molecule has 16 heavy (non-hydrogen) atoms. The fourth-order valence-electron chi connectivity index (χ4n) is 1.39. The Morgan fingerprint density at radius 1 is 1.62 bits per heavy atom. The second kappa shape index (κ2) is 5.97. The largest absolute Gasteiger partial charge is 0.271 e. The molecule has 1 rings (SSSR count).